The molecule has 0 amide bonds. The van der Waals surface area contributed by atoms with Gasteiger partial charge in [0.1, 0.15) is 6.29 Å². The molecule has 0 aliphatic rings. The smallest absolute Gasteiger partial charge is 0.269 e. The molecule has 98 valence electrons. The molecule has 5 heteroatoms. The summed E-state index contributed by atoms with van der Waals surface area (Å²) in [7, 11) is 0. The molecule has 0 saturated heterocycles. The molecular formula is C13H17NO4. The van der Waals surface area contributed by atoms with Gasteiger partial charge in [0.25, 0.3) is 5.69 Å². The highest BCUT2D eigenvalue weighted by Gasteiger charge is 2.20. The standard InChI is InChI=1S/C13H17NO4/c1-2-3-4-11(9-15)13(16)10-5-7-12(8-6-10)14(17)18/h5-9,11,13,16H,2-4H2,1H3/t11-,13+/m1/s1. The number of aliphatic hydroxyl groups excluding tert-OH is 1. The number of aldehydes is 1. The highest BCUT2D eigenvalue weighted by molar-refractivity contribution is 5.55. The first-order valence-electron chi connectivity index (χ1n) is 5.97. The molecular weight excluding hydrogens is 234 g/mol. The SMILES string of the molecule is CCCC[C@H](C=O)[C@@H](O)c1ccc([N+](=O)[O-])cc1. The van der Waals surface area contributed by atoms with Crippen molar-refractivity contribution >= 4 is 12.0 Å². The first kappa shape index (κ1) is 14.3. The quantitative estimate of drug-likeness (QED) is 0.459. The van der Waals surface area contributed by atoms with Crippen LogP contribution in [0, 0.1) is 16.0 Å². The Morgan fingerprint density at radius 2 is 2.00 bits per heavy atom. The number of rotatable bonds is 7. The second-order valence-corrected chi connectivity index (χ2v) is 4.24. The molecule has 0 aliphatic heterocycles. The predicted octanol–water partition coefficient (Wildman–Crippen LogP) is 2.63. The van der Waals surface area contributed by atoms with Crippen LogP contribution in [0.2, 0.25) is 0 Å². The Labute approximate surface area is 106 Å². The fraction of sp³-hybridized carbons (Fsp3) is 0.462. The van der Waals surface area contributed by atoms with E-state index in [4.69, 9.17) is 0 Å². The second kappa shape index (κ2) is 6.86. The van der Waals surface area contributed by atoms with E-state index in [-0.39, 0.29) is 5.69 Å². The van der Waals surface area contributed by atoms with E-state index in [2.05, 4.69) is 0 Å². The van der Waals surface area contributed by atoms with E-state index in [1.807, 2.05) is 6.92 Å². The molecule has 1 aromatic carbocycles. The van der Waals surface area contributed by atoms with Crippen molar-refractivity contribution in [3.05, 3.63) is 39.9 Å². The van der Waals surface area contributed by atoms with E-state index in [0.717, 1.165) is 19.1 Å². The molecule has 18 heavy (non-hydrogen) atoms. The van der Waals surface area contributed by atoms with Crippen molar-refractivity contribution in [3.63, 3.8) is 0 Å². The topological polar surface area (TPSA) is 80.4 Å². The van der Waals surface area contributed by atoms with Crippen molar-refractivity contribution in [2.24, 2.45) is 5.92 Å². The molecule has 5 nitrogen and oxygen atoms in total. The van der Waals surface area contributed by atoms with Gasteiger partial charge in [-0.2, -0.15) is 0 Å². The normalized spacial score (nSPS) is 13.9. The van der Waals surface area contributed by atoms with Crippen LogP contribution in [0.1, 0.15) is 37.9 Å². The third-order valence-corrected chi connectivity index (χ3v) is 2.92. The minimum absolute atomic E-state index is 0.0258. The molecule has 0 fully saturated rings. The summed E-state index contributed by atoms with van der Waals surface area (Å²) in [6.45, 7) is 2.01. The molecule has 1 rings (SSSR count). The van der Waals surface area contributed by atoms with Gasteiger partial charge in [-0.1, -0.05) is 19.8 Å². The summed E-state index contributed by atoms with van der Waals surface area (Å²) in [5.74, 6) is -0.452. The van der Waals surface area contributed by atoms with Crippen molar-refractivity contribution < 1.29 is 14.8 Å². The third kappa shape index (κ3) is 3.63. The van der Waals surface area contributed by atoms with Crippen molar-refractivity contribution in [2.75, 3.05) is 0 Å². The number of unbranched alkanes of at least 4 members (excludes halogenated alkanes) is 1. The number of nitro groups is 1. The lowest BCUT2D eigenvalue weighted by molar-refractivity contribution is -0.384. The Hall–Kier alpha value is -1.75. The zero-order valence-electron chi connectivity index (χ0n) is 10.3. The van der Waals surface area contributed by atoms with Crippen LogP contribution in [0.4, 0.5) is 5.69 Å². The van der Waals surface area contributed by atoms with Gasteiger partial charge in [-0.3, -0.25) is 10.1 Å². The summed E-state index contributed by atoms with van der Waals surface area (Å²) < 4.78 is 0. The van der Waals surface area contributed by atoms with Crippen LogP contribution >= 0.6 is 0 Å². The van der Waals surface area contributed by atoms with Gasteiger partial charge < -0.3 is 9.90 Å². The van der Waals surface area contributed by atoms with Gasteiger partial charge in [-0.25, -0.2) is 0 Å². The summed E-state index contributed by atoms with van der Waals surface area (Å²) in [4.78, 5) is 20.9. The van der Waals surface area contributed by atoms with Gasteiger partial charge in [-0.15, -0.1) is 0 Å². The average molecular weight is 251 g/mol. The van der Waals surface area contributed by atoms with Crippen molar-refractivity contribution in [3.8, 4) is 0 Å². The van der Waals surface area contributed by atoms with Crippen LogP contribution in [0.25, 0.3) is 0 Å². The number of carbonyl (C=O) groups excluding carboxylic acids is 1. The Morgan fingerprint density at radius 1 is 1.39 bits per heavy atom. The largest absolute Gasteiger partial charge is 0.388 e. The first-order valence-corrected chi connectivity index (χ1v) is 5.97. The lowest BCUT2D eigenvalue weighted by Gasteiger charge is -2.17. The van der Waals surface area contributed by atoms with E-state index in [9.17, 15) is 20.0 Å². The Bertz CT molecular complexity index is 402. The molecule has 0 bridgehead atoms. The monoisotopic (exact) mass is 251 g/mol. The summed E-state index contributed by atoms with van der Waals surface area (Å²) in [5.41, 5.74) is 0.510. The van der Waals surface area contributed by atoms with E-state index >= 15 is 0 Å². The first-order chi connectivity index (χ1) is 8.60. The molecule has 0 radical (unpaired) electrons. The number of carbonyl (C=O) groups is 1. The minimum atomic E-state index is -0.894. The predicted molar refractivity (Wildman–Crippen MR) is 67.1 cm³/mol. The van der Waals surface area contributed by atoms with Gasteiger partial charge in [0.2, 0.25) is 0 Å². The van der Waals surface area contributed by atoms with Crippen LogP contribution in [0.3, 0.4) is 0 Å². The Kier molecular flexibility index (Phi) is 5.45. The van der Waals surface area contributed by atoms with Crippen LogP contribution in [0.15, 0.2) is 24.3 Å². The molecule has 1 N–H and O–H groups in total. The van der Waals surface area contributed by atoms with Crippen LogP contribution in [-0.2, 0) is 4.79 Å². The number of nitrogens with zero attached hydrogens (tertiary/aromatic N) is 1. The number of hydrogen-bond acceptors (Lipinski definition) is 4. The summed E-state index contributed by atoms with van der Waals surface area (Å²) in [6.07, 6.45) is 2.31. The molecule has 0 saturated carbocycles. The van der Waals surface area contributed by atoms with Crippen LogP contribution in [-0.4, -0.2) is 16.3 Å². The van der Waals surface area contributed by atoms with Crippen molar-refractivity contribution in [1.82, 2.24) is 0 Å². The van der Waals surface area contributed by atoms with Crippen molar-refractivity contribution in [2.45, 2.75) is 32.3 Å². The average Bonchev–Trinajstić information content (AvgIpc) is 2.39. The van der Waals surface area contributed by atoms with E-state index < -0.39 is 16.9 Å². The number of benzene rings is 1. The maximum atomic E-state index is 10.9. The van der Waals surface area contributed by atoms with Gasteiger partial charge in [-0.05, 0) is 24.1 Å². The molecule has 0 spiro atoms. The molecule has 0 unspecified atom stereocenters. The second-order valence-electron chi connectivity index (χ2n) is 4.24. The number of hydrogen-bond donors (Lipinski definition) is 1. The molecule has 1 aromatic rings. The lowest BCUT2D eigenvalue weighted by Crippen LogP contribution is -2.14. The Morgan fingerprint density at radius 3 is 2.44 bits per heavy atom. The Balaban J connectivity index is 2.78. The summed E-state index contributed by atoms with van der Waals surface area (Å²) in [5, 5.41) is 20.5. The molecule has 0 aromatic heterocycles. The lowest BCUT2D eigenvalue weighted by atomic mass is 9.92. The summed E-state index contributed by atoms with van der Waals surface area (Å²) in [6, 6.07) is 5.65. The highest BCUT2D eigenvalue weighted by atomic mass is 16.6. The van der Waals surface area contributed by atoms with Crippen LogP contribution in [0.5, 0.6) is 0 Å². The van der Waals surface area contributed by atoms with E-state index in [1.54, 1.807) is 0 Å². The highest BCUT2D eigenvalue weighted by Crippen LogP contribution is 2.26. The van der Waals surface area contributed by atoms with E-state index in [1.165, 1.54) is 24.3 Å². The fourth-order valence-corrected chi connectivity index (χ4v) is 1.78. The third-order valence-electron chi connectivity index (χ3n) is 2.92. The van der Waals surface area contributed by atoms with Crippen molar-refractivity contribution in [1.29, 1.82) is 0 Å². The van der Waals surface area contributed by atoms with Gasteiger partial charge in [0.05, 0.1) is 11.0 Å². The minimum Gasteiger partial charge on any atom is -0.388 e. The zero-order chi connectivity index (χ0) is 13.5. The molecule has 0 heterocycles. The van der Waals surface area contributed by atoms with Gasteiger partial charge in [0, 0.05) is 18.1 Å². The number of aliphatic hydroxyl groups is 1. The zero-order valence-corrected chi connectivity index (χ0v) is 10.3. The summed E-state index contributed by atoms with van der Waals surface area (Å²) >= 11 is 0. The maximum Gasteiger partial charge on any atom is 0.269 e. The fourth-order valence-electron chi connectivity index (χ4n) is 1.78. The molecule has 2 atom stereocenters. The number of nitro benzene ring substituents is 1. The molecule has 0 aliphatic carbocycles. The number of non-ortho nitro benzene ring substituents is 1. The van der Waals surface area contributed by atoms with E-state index in [0.29, 0.717) is 12.0 Å². The van der Waals surface area contributed by atoms with Crippen LogP contribution < -0.4 is 0 Å². The van der Waals surface area contributed by atoms with Gasteiger partial charge in [0.15, 0.2) is 0 Å². The maximum absolute atomic E-state index is 10.9. The van der Waals surface area contributed by atoms with Gasteiger partial charge >= 0.3 is 0 Å².